The molecular formula is C17H16N2O3S. The first kappa shape index (κ1) is 15.3. The largest absolute Gasteiger partial charge is 0.508 e. The van der Waals surface area contributed by atoms with E-state index in [1.165, 1.54) is 23.5 Å². The van der Waals surface area contributed by atoms with Crippen LogP contribution in [0.2, 0.25) is 0 Å². The maximum Gasteiger partial charge on any atom is 0.266 e. The highest BCUT2D eigenvalue weighted by atomic mass is 32.1. The number of carbonyl (C=O) groups excluding carboxylic acids is 1. The Labute approximate surface area is 137 Å². The molecule has 1 aromatic heterocycles. The highest BCUT2D eigenvalue weighted by molar-refractivity contribution is 7.22. The van der Waals surface area contributed by atoms with Gasteiger partial charge in [0.1, 0.15) is 11.5 Å². The Morgan fingerprint density at radius 3 is 2.74 bits per heavy atom. The lowest BCUT2D eigenvalue weighted by atomic mass is 10.2. The summed E-state index contributed by atoms with van der Waals surface area (Å²) in [5.41, 5.74) is 2.02. The van der Waals surface area contributed by atoms with Crippen molar-refractivity contribution >= 4 is 32.6 Å². The molecule has 3 aromatic rings. The zero-order valence-electron chi connectivity index (χ0n) is 12.7. The van der Waals surface area contributed by atoms with Gasteiger partial charge in [-0.2, -0.15) is 0 Å². The third kappa shape index (κ3) is 3.60. The summed E-state index contributed by atoms with van der Waals surface area (Å²) in [5, 5.41) is 12.6. The van der Waals surface area contributed by atoms with Gasteiger partial charge >= 0.3 is 0 Å². The molecule has 5 nitrogen and oxygen atoms in total. The third-order valence-electron chi connectivity index (χ3n) is 3.29. The minimum absolute atomic E-state index is 0.152. The van der Waals surface area contributed by atoms with Crippen LogP contribution in [0.1, 0.15) is 12.5 Å². The molecule has 1 atom stereocenters. The van der Waals surface area contributed by atoms with Crippen molar-refractivity contribution in [2.45, 2.75) is 20.0 Å². The number of rotatable bonds is 4. The summed E-state index contributed by atoms with van der Waals surface area (Å²) < 4.78 is 6.58. The average molecular weight is 328 g/mol. The molecule has 1 amide bonds. The van der Waals surface area contributed by atoms with Crippen molar-refractivity contribution in [1.29, 1.82) is 0 Å². The van der Waals surface area contributed by atoms with Crippen molar-refractivity contribution in [3.8, 4) is 11.5 Å². The lowest BCUT2D eigenvalue weighted by Gasteiger charge is -2.13. The molecular weight excluding hydrogens is 312 g/mol. The standard InChI is InChI=1S/C17H16N2O3S/c1-10-3-8-14-15(9-10)23-17(18-14)19-16(21)11(2)22-13-6-4-12(20)5-7-13/h3-9,11,20H,1-2H3,(H,18,19,21)/t11-/m1/s1. The summed E-state index contributed by atoms with van der Waals surface area (Å²) in [4.78, 5) is 16.6. The highest BCUT2D eigenvalue weighted by Gasteiger charge is 2.16. The molecule has 0 aliphatic heterocycles. The van der Waals surface area contributed by atoms with Gasteiger partial charge in [-0.25, -0.2) is 4.98 Å². The first-order valence-electron chi connectivity index (χ1n) is 7.15. The van der Waals surface area contributed by atoms with Crippen LogP contribution in [0, 0.1) is 6.92 Å². The number of nitrogens with zero attached hydrogens (tertiary/aromatic N) is 1. The number of ether oxygens (including phenoxy) is 1. The van der Waals surface area contributed by atoms with Gasteiger partial charge in [-0.15, -0.1) is 0 Å². The SMILES string of the molecule is Cc1ccc2nc(NC(=O)[C@@H](C)Oc3ccc(O)cc3)sc2c1. The Hall–Kier alpha value is -2.60. The summed E-state index contributed by atoms with van der Waals surface area (Å²) in [6.07, 6.45) is -0.673. The fourth-order valence-corrected chi connectivity index (χ4v) is 3.04. The Morgan fingerprint density at radius 1 is 1.26 bits per heavy atom. The van der Waals surface area contributed by atoms with Gasteiger partial charge in [0.2, 0.25) is 0 Å². The molecule has 2 N–H and O–H groups in total. The first-order valence-corrected chi connectivity index (χ1v) is 7.96. The van der Waals surface area contributed by atoms with Crippen LogP contribution in [0.25, 0.3) is 10.2 Å². The van der Waals surface area contributed by atoms with Crippen LogP contribution in [-0.4, -0.2) is 22.1 Å². The number of aromatic nitrogens is 1. The summed E-state index contributed by atoms with van der Waals surface area (Å²) in [6, 6.07) is 12.2. The van der Waals surface area contributed by atoms with E-state index in [2.05, 4.69) is 10.3 Å². The molecule has 0 saturated heterocycles. The van der Waals surface area contributed by atoms with E-state index >= 15 is 0 Å². The van der Waals surface area contributed by atoms with E-state index in [9.17, 15) is 9.90 Å². The van der Waals surface area contributed by atoms with Crippen LogP contribution in [0.3, 0.4) is 0 Å². The zero-order valence-corrected chi connectivity index (χ0v) is 13.6. The normalized spacial score (nSPS) is 12.1. The number of anilines is 1. The lowest BCUT2D eigenvalue weighted by molar-refractivity contribution is -0.122. The van der Waals surface area contributed by atoms with E-state index in [-0.39, 0.29) is 11.7 Å². The van der Waals surface area contributed by atoms with E-state index < -0.39 is 6.10 Å². The second-order valence-corrected chi connectivity index (χ2v) is 6.26. The minimum atomic E-state index is -0.673. The van der Waals surface area contributed by atoms with Gasteiger partial charge in [-0.3, -0.25) is 10.1 Å². The Kier molecular flexibility index (Phi) is 4.16. The van der Waals surface area contributed by atoms with Crippen molar-refractivity contribution in [1.82, 2.24) is 4.98 Å². The van der Waals surface area contributed by atoms with Gasteiger partial charge in [-0.05, 0) is 55.8 Å². The summed E-state index contributed by atoms with van der Waals surface area (Å²) in [5.74, 6) is 0.401. The molecule has 1 heterocycles. The Bertz CT molecular complexity index is 843. The summed E-state index contributed by atoms with van der Waals surface area (Å²) in [6.45, 7) is 3.69. The van der Waals surface area contributed by atoms with Crippen molar-refractivity contribution in [3.63, 3.8) is 0 Å². The number of carbonyl (C=O) groups is 1. The maximum atomic E-state index is 12.2. The van der Waals surface area contributed by atoms with Gasteiger partial charge in [0.15, 0.2) is 11.2 Å². The minimum Gasteiger partial charge on any atom is -0.508 e. The smallest absolute Gasteiger partial charge is 0.266 e. The quantitative estimate of drug-likeness (QED) is 0.766. The zero-order chi connectivity index (χ0) is 16.4. The van der Waals surface area contributed by atoms with E-state index in [4.69, 9.17) is 4.74 Å². The van der Waals surface area contributed by atoms with Crippen LogP contribution >= 0.6 is 11.3 Å². The molecule has 6 heteroatoms. The number of hydrogen-bond acceptors (Lipinski definition) is 5. The number of benzene rings is 2. The number of thiazole rings is 1. The van der Waals surface area contributed by atoms with Crippen LogP contribution < -0.4 is 10.1 Å². The van der Waals surface area contributed by atoms with Gasteiger partial charge in [0, 0.05) is 0 Å². The number of nitrogens with one attached hydrogen (secondary N) is 1. The molecule has 0 aliphatic rings. The predicted octanol–water partition coefficient (Wildman–Crippen LogP) is 3.72. The lowest BCUT2D eigenvalue weighted by Crippen LogP contribution is -2.30. The monoisotopic (exact) mass is 328 g/mol. The molecule has 0 bridgehead atoms. The molecule has 0 radical (unpaired) electrons. The number of amides is 1. The topological polar surface area (TPSA) is 71.5 Å². The van der Waals surface area contributed by atoms with Crippen molar-refractivity contribution < 1.29 is 14.6 Å². The van der Waals surface area contributed by atoms with Crippen LogP contribution in [0.4, 0.5) is 5.13 Å². The molecule has 3 rings (SSSR count). The molecule has 0 spiro atoms. The number of hydrogen-bond donors (Lipinski definition) is 2. The number of phenols is 1. The second kappa shape index (κ2) is 6.26. The molecule has 118 valence electrons. The number of fused-ring (bicyclic) bond motifs is 1. The third-order valence-corrected chi connectivity index (χ3v) is 4.23. The van der Waals surface area contributed by atoms with Crippen LogP contribution in [0.5, 0.6) is 11.5 Å². The number of phenolic OH excluding ortho intramolecular Hbond substituents is 1. The Morgan fingerprint density at radius 2 is 2.00 bits per heavy atom. The summed E-state index contributed by atoms with van der Waals surface area (Å²) >= 11 is 1.43. The van der Waals surface area contributed by atoms with Crippen LogP contribution in [-0.2, 0) is 4.79 Å². The van der Waals surface area contributed by atoms with Gasteiger partial charge in [0.05, 0.1) is 10.2 Å². The van der Waals surface area contributed by atoms with Crippen LogP contribution in [0.15, 0.2) is 42.5 Å². The Balaban J connectivity index is 1.68. The van der Waals surface area contributed by atoms with Gasteiger partial charge in [0.25, 0.3) is 5.91 Å². The second-order valence-electron chi connectivity index (χ2n) is 5.23. The van der Waals surface area contributed by atoms with Crippen molar-refractivity contribution in [2.24, 2.45) is 0 Å². The number of aryl methyl sites for hydroxylation is 1. The number of aromatic hydroxyl groups is 1. The van der Waals surface area contributed by atoms with Gasteiger partial charge < -0.3 is 9.84 Å². The average Bonchev–Trinajstić information content (AvgIpc) is 2.90. The first-order chi connectivity index (χ1) is 11.0. The summed E-state index contributed by atoms with van der Waals surface area (Å²) in [7, 11) is 0. The van der Waals surface area contributed by atoms with Crippen molar-refractivity contribution in [3.05, 3.63) is 48.0 Å². The molecule has 0 fully saturated rings. The van der Waals surface area contributed by atoms with E-state index in [0.29, 0.717) is 10.9 Å². The molecule has 23 heavy (non-hydrogen) atoms. The molecule has 0 aliphatic carbocycles. The van der Waals surface area contributed by atoms with Gasteiger partial charge in [-0.1, -0.05) is 17.4 Å². The van der Waals surface area contributed by atoms with E-state index in [0.717, 1.165) is 15.8 Å². The maximum absolute atomic E-state index is 12.2. The molecule has 2 aromatic carbocycles. The van der Waals surface area contributed by atoms with Crippen molar-refractivity contribution in [2.75, 3.05) is 5.32 Å². The van der Waals surface area contributed by atoms with E-state index in [1.807, 2.05) is 25.1 Å². The predicted molar refractivity (Wildman–Crippen MR) is 91.2 cm³/mol. The fourth-order valence-electron chi connectivity index (χ4n) is 2.07. The molecule has 0 saturated carbocycles. The van der Waals surface area contributed by atoms with E-state index in [1.54, 1.807) is 19.1 Å². The molecule has 0 unspecified atom stereocenters. The highest BCUT2D eigenvalue weighted by Crippen LogP contribution is 2.27. The fraction of sp³-hybridized carbons (Fsp3) is 0.176.